The minimum Gasteiger partial charge on any atom is -0.357 e. The fraction of sp³-hybridized carbons (Fsp3) is 0.647. The zero-order chi connectivity index (χ0) is 15.9. The summed E-state index contributed by atoms with van der Waals surface area (Å²) in [6.45, 7) is 2.94. The minimum atomic E-state index is 0.690. The average Bonchev–Trinajstić information content (AvgIpc) is 2.76. The second-order valence-corrected chi connectivity index (χ2v) is 6.33. The highest BCUT2D eigenvalue weighted by Gasteiger charge is 2.11. The molecule has 2 rings (SSSR count). The number of guanidine groups is 1. The van der Waals surface area contributed by atoms with Gasteiger partial charge >= 0.3 is 0 Å². The summed E-state index contributed by atoms with van der Waals surface area (Å²) in [5, 5.41) is 0. The summed E-state index contributed by atoms with van der Waals surface area (Å²) in [6.07, 6.45) is 7.14. The van der Waals surface area contributed by atoms with Gasteiger partial charge in [-0.15, -0.1) is 0 Å². The average molecular weight is 303 g/mol. The number of pyridine rings is 1. The zero-order valence-corrected chi connectivity index (χ0v) is 14.4. The summed E-state index contributed by atoms with van der Waals surface area (Å²) in [5.41, 5.74) is 1.22. The summed E-state index contributed by atoms with van der Waals surface area (Å²) in [6, 6.07) is 4.26. The Morgan fingerprint density at radius 3 is 2.32 bits per heavy atom. The molecular formula is C17H29N5. The largest absolute Gasteiger partial charge is 0.357 e. The predicted molar refractivity (Wildman–Crippen MR) is 93.4 cm³/mol. The molecule has 0 saturated carbocycles. The van der Waals surface area contributed by atoms with E-state index in [9.17, 15) is 0 Å². The normalized spacial score (nSPS) is 15.2. The van der Waals surface area contributed by atoms with Crippen LogP contribution in [0.3, 0.4) is 0 Å². The molecule has 1 aromatic rings. The minimum absolute atomic E-state index is 0.690. The molecule has 122 valence electrons. The van der Waals surface area contributed by atoms with Crippen molar-refractivity contribution in [2.24, 2.45) is 4.99 Å². The van der Waals surface area contributed by atoms with E-state index in [1.165, 1.54) is 31.2 Å². The summed E-state index contributed by atoms with van der Waals surface area (Å²) in [4.78, 5) is 15.8. The highest BCUT2D eigenvalue weighted by atomic mass is 15.3. The standard InChI is InChI=1S/C17H29N5/c1-20(2)17(21(3)4)19-14-15-9-10-18-16(13-15)22-11-7-5-6-8-12-22/h9-10,13H,5-8,11-12,14H2,1-4H3. The van der Waals surface area contributed by atoms with Gasteiger partial charge in [-0.3, -0.25) is 0 Å². The highest BCUT2D eigenvalue weighted by molar-refractivity contribution is 5.79. The maximum Gasteiger partial charge on any atom is 0.195 e. The van der Waals surface area contributed by atoms with E-state index in [-0.39, 0.29) is 0 Å². The number of aromatic nitrogens is 1. The van der Waals surface area contributed by atoms with Crippen LogP contribution >= 0.6 is 0 Å². The maximum atomic E-state index is 4.72. The van der Waals surface area contributed by atoms with Crippen molar-refractivity contribution in [2.75, 3.05) is 46.2 Å². The lowest BCUT2D eigenvalue weighted by molar-refractivity contribution is 0.479. The van der Waals surface area contributed by atoms with Crippen LogP contribution in [0.25, 0.3) is 0 Å². The third-order valence-electron chi connectivity index (χ3n) is 3.94. The molecule has 0 N–H and O–H groups in total. The lowest BCUT2D eigenvalue weighted by Gasteiger charge is -2.23. The number of aliphatic imine (C=N–C) groups is 1. The Bertz CT molecular complexity index is 478. The smallest absolute Gasteiger partial charge is 0.195 e. The van der Waals surface area contributed by atoms with E-state index in [2.05, 4.69) is 22.0 Å². The monoisotopic (exact) mass is 303 g/mol. The molecule has 0 atom stereocenters. The van der Waals surface area contributed by atoms with E-state index in [1.54, 1.807) is 0 Å². The van der Waals surface area contributed by atoms with Gasteiger partial charge in [-0.25, -0.2) is 9.98 Å². The molecule has 1 saturated heterocycles. The molecule has 1 fully saturated rings. The molecule has 0 radical (unpaired) electrons. The molecule has 22 heavy (non-hydrogen) atoms. The van der Waals surface area contributed by atoms with Crippen LogP contribution < -0.4 is 4.90 Å². The van der Waals surface area contributed by atoms with Crippen molar-refractivity contribution in [1.82, 2.24) is 14.8 Å². The lowest BCUT2D eigenvalue weighted by atomic mass is 10.2. The number of nitrogens with zero attached hydrogens (tertiary/aromatic N) is 5. The Morgan fingerprint density at radius 1 is 1.09 bits per heavy atom. The Morgan fingerprint density at radius 2 is 1.73 bits per heavy atom. The van der Waals surface area contributed by atoms with Crippen LogP contribution in [0, 0.1) is 0 Å². The van der Waals surface area contributed by atoms with Crippen molar-refractivity contribution in [3.05, 3.63) is 23.9 Å². The van der Waals surface area contributed by atoms with E-state index >= 15 is 0 Å². The first-order chi connectivity index (χ1) is 10.6. The summed E-state index contributed by atoms with van der Waals surface area (Å²) in [7, 11) is 8.09. The molecule has 5 nitrogen and oxygen atoms in total. The SMILES string of the molecule is CN(C)C(=NCc1ccnc(N2CCCCCC2)c1)N(C)C. The molecule has 1 aliphatic heterocycles. The predicted octanol–water partition coefficient (Wildman–Crippen LogP) is 2.44. The Labute approximate surface area is 134 Å². The summed E-state index contributed by atoms with van der Waals surface area (Å²) < 4.78 is 0. The van der Waals surface area contributed by atoms with Crippen molar-refractivity contribution in [1.29, 1.82) is 0 Å². The highest BCUT2D eigenvalue weighted by Crippen LogP contribution is 2.18. The van der Waals surface area contributed by atoms with Gasteiger partial charge in [-0.1, -0.05) is 12.8 Å². The van der Waals surface area contributed by atoms with Crippen molar-refractivity contribution in [3.8, 4) is 0 Å². The first kappa shape index (κ1) is 16.6. The van der Waals surface area contributed by atoms with Crippen molar-refractivity contribution in [3.63, 3.8) is 0 Å². The van der Waals surface area contributed by atoms with Crippen LogP contribution in [0.15, 0.2) is 23.3 Å². The summed E-state index contributed by atoms with van der Waals surface area (Å²) in [5.74, 6) is 2.08. The topological polar surface area (TPSA) is 35.0 Å². The van der Waals surface area contributed by atoms with Crippen molar-refractivity contribution in [2.45, 2.75) is 32.2 Å². The van der Waals surface area contributed by atoms with E-state index < -0.39 is 0 Å². The van der Waals surface area contributed by atoms with Gasteiger partial charge in [0.2, 0.25) is 0 Å². The molecule has 0 unspecified atom stereocenters. The van der Waals surface area contributed by atoms with Crippen molar-refractivity contribution >= 4 is 11.8 Å². The zero-order valence-electron chi connectivity index (χ0n) is 14.4. The third-order valence-corrected chi connectivity index (χ3v) is 3.94. The molecule has 2 heterocycles. The molecule has 0 bridgehead atoms. The number of anilines is 1. The lowest BCUT2D eigenvalue weighted by Crippen LogP contribution is -2.35. The van der Waals surface area contributed by atoms with Gasteiger partial charge in [0.05, 0.1) is 6.54 Å². The van der Waals surface area contributed by atoms with Crippen LogP contribution in [0.2, 0.25) is 0 Å². The fourth-order valence-corrected chi connectivity index (χ4v) is 2.88. The van der Waals surface area contributed by atoms with E-state index in [4.69, 9.17) is 4.99 Å². The van der Waals surface area contributed by atoms with Gasteiger partial charge in [-0.05, 0) is 30.5 Å². The Hall–Kier alpha value is -1.78. The summed E-state index contributed by atoms with van der Waals surface area (Å²) >= 11 is 0. The molecule has 0 amide bonds. The second-order valence-electron chi connectivity index (χ2n) is 6.33. The molecular weight excluding hydrogens is 274 g/mol. The van der Waals surface area contributed by atoms with Gasteiger partial charge in [0.25, 0.3) is 0 Å². The molecule has 1 aliphatic rings. The first-order valence-electron chi connectivity index (χ1n) is 8.17. The number of rotatable bonds is 3. The quantitative estimate of drug-likeness (QED) is 0.634. The number of hydrogen-bond donors (Lipinski definition) is 0. The second kappa shape index (κ2) is 8.01. The van der Waals surface area contributed by atoms with Crippen LogP contribution in [0.1, 0.15) is 31.2 Å². The van der Waals surface area contributed by atoms with Crippen LogP contribution in [0.4, 0.5) is 5.82 Å². The van der Waals surface area contributed by atoms with Gasteiger partial charge < -0.3 is 14.7 Å². The molecule has 1 aromatic heterocycles. The van der Waals surface area contributed by atoms with E-state index in [0.717, 1.165) is 24.9 Å². The molecule has 0 aromatic carbocycles. The first-order valence-corrected chi connectivity index (χ1v) is 8.17. The van der Waals surface area contributed by atoms with Gasteiger partial charge in [-0.2, -0.15) is 0 Å². The van der Waals surface area contributed by atoms with Gasteiger partial charge in [0.1, 0.15) is 5.82 Å². The Balaban J connectivity index is 2.09. The van der Waals surface area contributed by atoms with Gasteiger partial charge in [0, 0.05) is 47.5 Å². The Kier molecular flexibility index (Phi) is 6.04. The maximum absolute atomic E-state index is 4.72. The van der Waals surface area contributed by atoms with Crippen LogP contribution in [-0.2, 0) is 6.54 Å². The third kappa shape index (κ3) is 4.61. The van der Waals surface area contributed by atoms with Crippen LogP contribution in [0.5, 0.6) is 0 Å². The van der Waals surface area contributed by atoms with Gasteiger partial charge in [0.15, 0.2) is 5.96 Å². The number of hydrogen-bond acceptors (Lipinski definition) is 3. The van der Waals surface area contributed by atoms with E-state index in [1.807, 2.05) is 44.2 Å². The van der Waals surface area contributed by atoms with Crippen LogP contribution in [-0.4, -0.2) is 62.0 Å². The molecule has 0 aliphatic carbocycles. The van der Waals surface area contributed by atoms with Crippen molar-refractivity contribution < 1.29 is 0 Å². The van der Waals surface area contributed by atoms with E-state index in [0.29, 0.717) is 6.54 Å². The molecule has 5 heteroatoms. The fourth-order valence-electron chi connectivity index (χ4n) is 2.88. The molecule has 0 spiro atoms.